The summed E-state index contributed by atoms with van der Waals surface area (Å²) in [4.78, 5) is 10.8. The van der Waals surface area contributed by atoms with Crippen molar-refractivity contribution in [2.24, 2.45) is 0 Å². The Kier molecular flexibility index (Phi) is 2.43. The predicted octanol–water partition coefficient (Wildman–Crippen LogP) is 0.767. The summed E-state index contributed by atoms with van der Waals surface area (Å²) in [6.45, 7) is 2.02. The molecule has 2 N–H and O–H groups in total. The zero-order valence-electron chi connectivity index (χ0n) is 6.18. The summed E-state index contributed by atoms with van der Waals surface area (Å²) in [5.41, 5.74) is 0. The van der Waals surface area contributed by atoms with Gasteiger partial charge in [0.15, 0.2) is 0 Å². The molecule has 0 bridgehead atoms. The van der Waals surface area contributed by atoms with Crippen LogP contribution in [0.4, 0.5) is 4.79 Å². The van der Waals surface area contributed by atoms with Crippen LogP contribution in [0.3, 0.4) is 0 Å². The number of amides is 2. The van der Waals surface area contributed by atoms with E-state index in [9.17, 15) is 4.79 Å². The van der Waals surface area contributed by atoms with Crippen molar-refractivity contribution in [3.63, 3.8) is 0 Å². The highest BCUT2D eigenvalue weighted by Crippen LogP contribution is 2.12. The molecule has 1 rings (SSSR count). The second-order valence-electron chi connectivity index (χ2n) is 2.48. The number of thioether (sulfide) groups is 1. The molecule has 0 aromatic rings. The fourth-order valence-corrected chi connectivity index (χ4v) is 1.71. The van der Waals surface area contributed by atoms with Crippen molar-refractivity contribution < 1.29 is 4.79 Å². The van der Waals surface area contributed by atoms with Crippen molar-refractivity contribution in [2.75, 3.05) is 6.26 Å². The molecule has 0 aromatic heterocycles. The second kappa shape index (κ2) is 3.14. The lowest BCUT2D eigenvalue weighted by Gasteiger charge is -2.27. The Bertz CT molecular complexity index is 140. The minimum absolute atomic E-state index is 0.0434. The first-order valence-corrected chi connectivity index (χ1v) is 4.61. The number of carbonyl (C=O) groups is 1. The van der Waals surface area contributed by atoms with Gasteiger partial charge < -0.3 is 10.6 Å². The molecule has 4 heteroatoms. The maximum Gasteiger partial charge on any atom is 0.315 e. The normalized spacial score (nSPS) is 32.8. The van der Waals surface area contributed by atoms with Crippen LogP contribution in [0.1, 0.15) is 13.3 Å². The van der Waals surface area contributed by atoms with Gasteiger partial charge in [-0.2, -0.15) is 0 Å². The molecule has 2 unspecified atom stereocenters. The monoisotopic (exact) mass is 160 g/mol. The van der Waals surface area contributed by atoms with Gasteiger partial charge in [-0.05, 0) is 19.6 Å². The first kappa shape index (κ1) is 7.72. The van der Waals surface area contributed by atoms with E-state index < -0.39 is 0 Å². The SMILES string of the molecule is CSC1CC(C)NC(=O)N1. The average molecular weight is 160 g/mol. The number of urea groups is 1. The second-order valence-corrected chi connectivity index (χ2v) is 3.52. The maximum atomic E-state index is 10.8. The van der Waals surface area contributed by atoms with Crippen molar-refractivity contribution in [3.05, 3.63) is 0 Å². The number of carbonyl (C=O) groups excluding carboxylic acids is 1. The fourth-order valence-electron chi connectivity index (χ4n) is 1.01. The molecular weight excluding hydrogens is 148 g/mol. The van der Waals surface area contributed by atoms with Crippen LogP contribution < -0.4 is 10.6 Å². The Morgan fingerprint density at radius 3 is 2.80 bits per heavy atom. The molecule has 1 fully saturated rings. The molecule has 0 aliphatic carbocycles. The van der Waals surface area contributed by atoms with Crippen molar-refractivity contribution in [2.45, 2.75) is 24.8 Å². The Hall–Kier alpha value is -0.380. The van der Waals surface area contributed by atoms with E-state index in [0.29, 0.717) is 11.4 Å². The smallest absolute Gasteiger partial charge is 0.315 e. The minimum atomic E-state index is -0.0434. The van der Waals surface area contributed by atoms with Gasteiger partial charge in [0.25, 0.3) is 0 Å². The number of nitrogens with one attached hydrogen (secondary N) is 2. The minimum Gasteiger partial charge on any atom is -0.336 e. The third-order valence-electron chi connectivity index (χ3n) is 1.52. The first-order valence-electron chi connectivity index (χ1n) is 3.32. The fraction of sp³-hybridized carbons (Fsp3) is 0.833. The molecular formula is C6H12N2OS. The van der Waals surface area contributed by atoms with E-state index >= 15 is 0 Å². The van der Waals surface area contributed by atoms with Crippen molar-refractivity contribution in [3.8, 4) is 0 Å². The molecule has 2 atom stereocenters. The Labute approximate surface area is 64.9 Å². The van der Waals surface area contributed by atoms with Crippen LogP contribution >= 0.6 is 11.8 Å². The lowest BCUT2D eigenvalue weighted by Crippen LogP contribution is -2.52. The molecule has 3 nitrogen and oxygen atoms in total. The van der Waals surface area contributed by atoms with Crippen molar-refractivity contribution >= 4 is 17.8 Å². The van der Waals surface area contributed by atoms with E-state index in [0.717, 1.165) is 6.42 Å². The van der Waals surface area contributed by atoms with Gasteiger partial charge in [0, 0.05) is 6.04 Å². The van der Waals surface area contributed by atoms with Gasteiger partial charge in [0.05, 0.1) is 5.37 Å². The summed E-state index contributed by atoms with van der Waals surface area (Å²) in [5, 5.41) is 5.88. The Morgan fingerprint density at radius 2 is 2.30 bits per heavy atom. The average Bonchev–Trinajstić information content (AvgIpc) is 1.85. The highest BCUT2D eigenvalue weighted by molar-refractivity contribution is 7.99. The summed E-state index contributed by atoms with van der Waals surface area (Å²) in [5.74, 6) is 0. The predicted molar refractivity (Wildman–Crippen MR) is 43.0 cm³/mol. The third kappa shape index (κ3) is 1.80. The molecule has 0 saturated carbocycles. The topological polar surface area (TPSA) is 41.1 Å². The van der Waals surface area contributed by atoms with Gasteiger partial charge in [-0.3, -0.25) is 0 Å². The highest BCUT2D eigenvalue weighted by atomic mass is 32.2. The Balaban J connectivity index is 2.42. The molecule has 0 radical (unpaired) electrons. The van der Waals surface area contributed by atoms with Crippen LogP contribution in [0.2, 0.25) is 0 Å². The summed E-state index contributed by atoms with van der Waals surface area (Å²) in [7, 11) is 0. The molecule has 1 aliphatic rings. The van der Waals surface area contributed by atoms with Gasteiger partial charge in [-0.25, -0.2) is 4.79 Å². The molecule has 0 spiro atoms. The summed E-state index contributed by atoms with van der Waals surface area (Å²) < 4.78 is 0. The third-order valence-corrected chi connectivity index (χ3v) is 2.40. The van der Waals surface area contributed by atoms with Gasteiger partial charge in [-0.1, -0.05) is 0 Å². The van der Waals surface area contributed by atoms with Crippen LogP contribution in [0.15, 0.2) is 0 Å². The van der Waals surface area contributed by atoms with E-state index in [-0.39, 0.29) is 6.03 Å². The Morgan fingerprint density at radius 1 is 1.60 bits per heavy atom. The van der Waals surface area contributed by atoms with Crippen molar-refractivity contribution in [1.82, 2.24) is 10.6 Å². The number of rotatable bonds is 1. The van der Waals surface area contributed by atoms with Gasteiger partial charge in [0.1, 0.15) is 0 Å². The molecule has 1 saturated heterocycles. The van der Waals surface area contributed by atoms with E-state index in [1.165, 1.54) is 0 Å². The van der Waals surface area contributed by atoms with Crippen LogP contribution in [-0.4, -0.2) is 23.7 Å². The van der Waals surface area contributed by atoms with E-state index in [1.807, 2.05) is 13.2 Å². The first-order chi connectivity index (χ1) is 4.72. The number of hydrogen-bond acceptors (Lipinski definition) is 2. The standard InChI is InChI=1S/C6H12N2OS/c1-4-3-5(10-2)8-6(9)7-4/h4-5H,3H2,1-2H3,(H2,7,8,9). The highest BCUT2D eigenvalue weighted by Gasteiger charge is 2.21. The van der Waals surface area contributed by atoms with E-state index in [4.69, 9.17) is 0 Å². The van der Waals surface area contributed by atoms with Gasteiger partial charge in [-0.15, -0.1) is 11.8 Å². The lowest BCUT2D eigenvalue weighted by atomic mass is 10.2. The molecule has 1 aliphatic heterocycles. The molecule has 0 aromatic carbocycles. The summed E-state index contributed by atoms with van der Waals surface area (Å²) in [6, 6.07) is 0.268. The quantitative estimate of drug-likeness (QED) is 0.595. The zero-order valence-corrected chi connectivity index (χ0v) is 6.99. The zero-order chi connectivity index (χ0) is 7.56. The maximum absolute atomic E-state index is 10.8. The van der Waals surface area contributed by atoms with Crippen molar-refractivity contribution in [1.29, 1.82) is 0 Å². The largest absolute Gasteiger partial charge is 0.336 e. The van der Waals surface area contributed by atoms with E-state index in [2.05, 4.69) is 10.6 Å². The van der Waals surface area contributed by atoms with Gasteiger partial charge >= 0.3 is 6.03 Å². The molecule has 1 heterocycles. The van der Waals surface area contributed by atoms with Crippen LogP contribution in [0, 0.1) is 0 Å². The summed E-state index contributed by atoms with van der Waals surface area (Å²) >= 11 is 1.68. The molecule has 58 valence electrons. The lowest BCUT2D eigenvalue weighted by molar-refractivity contribution is 0.228. The van der Waals surface area contributed by atoms with Crippen LogP contribution in [0.5, 0.6) is 0 Å². The molecule has 10 heavy (non-hydrogen) atoms. The number of hydrogen-bond donors (Lipinski definition) is 2. The van der Waals surface area contributed by atoms with Crippen LogP contribution in [-0.2, 0) is 0 Å². The van der Waals surface area contributed by atoms with E-state index in [1.54, 1.807) is 11.8 Å². The van der Waals surface area contributed by atoms with Gasteiger partial charge in [0.2, 0.25) is 0 Å². The molecule has 2 amide bonds. The van der Waals surface area contributed by atoms with Crippen LogP contribution in [0.25, 0.3) is 0 Å². The summed E-state index contributed by atoms with van der Waals surface area (Å²) in [6.07, 6.45) is 3.01.